The third kappa shape index (κ3) is 3.82. The first-order chi connectivity index (χ1) is 18.1. The molecule has 2 aliphatic rings. The largest absolute Gasteiger partial charge is 0.340 e. The Morgan fingerprint density at radius 2 is 1.96 bits per heavy atom. The first kappa shape index (κ1) is 7.08. The number of hydrogen-bond donors (Lipinski definition) is 0. The first-order valence-corrected chi connectivity index (χ1v) is 8.73. The van der Waals surface area contributed by atoms with Crippen LogP contribution in [0.5, 0.6) is 0 Å². The maximum absolute atomic E-state index is 8.51. The second-order valence-electron chi connectivity index (χ2n) is 5.33. The van der Waals surface area contributed by atoms with E-state index in [0.717, 1.165) is 11.8 Å². The number of nitrogens with zero attached hydrogens (tertiary/aromatic N) is 3. The lowest BCUT2D eigenvalue weighted by Crippen LogP contribution is -2.45. The highest BCUT2D eigenvalue weighted by atomic mass is 35.5. The van der Waals surface area contributed by atoms with Crippen LogP contribution in [0.2, 0.25) is 5.02 Å². The van der Waals surface area contributed by atoms with E-state index in [1.807, 2.05) is 0 Å². The quantitative estimate of drug-likeness (QED) is 0.757. The molecule has 25 heavy (non-hydrogen) atoms. The van der Waals surface area contributed by atoms with Crippen molar-refractivity contribution in [1.29, 1.82) is 0 Å². The van der Waals surface area contributed by atoms with Crippen molar-refractivity contribution in [3.63, 3.8) is 0 Å². The van der Waals surface area contributed by atoms with Gasteiger partial charge in [0.1, 0.15) is 0 Å². The van der Waals surface area contributed by atoms with Crippen LogP contribution in [0.3, 0.4) is 0 Å². The van der Waals surface area contributed by atoms with Gasteiger partial charge in [0, 0.05) is 62.4 Å². The van der Waals surface area contributed by atoms with E-state index in [1.54, 1.807) is 18.2 Å². The summed E-state index contributed by atoms with van der Waals surface area (Å²) in [5.41, 5.74) is 0.619. The molecule has 0 aliphatic carbocycles. The number of halogens is 1. The Labute approximate surface area is 180 Å². The van der Waals surface area contributed by atoms with Crippen LogP contribution in [-0.4, -0.2) is 55.9 Å². The third-order valence-electron chi connectivity index (χ3n) is 3.69. The number of rotatable bonds is 4. The van der Waals surface area contributed by atoms with Crippen LogP contribution in [0.4, 0.5) is 11.4 Å². The fourth-order valence-electron chi connectivity index (χ4n) is 2.58. The summed E-state index contributed by atoms with van der Waals surface area (Å²) in [5, 5.41) is 0.337. The zero-order chi connectivity index (χ0) is 30.4. The van der Waals surface area contributed by atoms with Gasteiger partial charge in [-0.05, 0) is 50.2 Å². The van der Waals surface area contributed by atoms with Crippen LogP contribution in [0.25, 0.3) is 0 Å². The summed E-state index contributed by atoms with van der Waals surface area (Å²) in [5.74, 6) is 0. The summed E-state index contributed by atoms with van der Waals surface area (Å²) in [6, 6.07) is 3.37. The van der Waals surface area contributed by atoms with Crippen LogP contribution in [0.1, 0.15) is 27.0 Å². The van der Waals surface area contributed by atoms with Crippen molar-refractivity contribution >= 4 is 34.7 Å². The van der Waals surface area contributed by atoms with Crippen LogP contribution in [-0.2, 0) is 0 Å². The first-order valence-electron chi connectivity index (χ1n) is 15.0. The Bertz CT molecular complexity index is 1320. The van der Waals surface area contributed by atoms with Crippen LogP contribution < -0.4 is 4.90 Å². The predicted molar refractivity (Wildman–Crippen MR) is 108 cm³/mol. The Kier molecular flexibility index (Phi) is 2.15. The molecule has 0 radical (unpaired) electrons. The van der Waals surface area contributed by atoms with Gasteiger partial charge < -0.3 is 14.7 Å². The molecular formula is C20H24ClN3S. The van der Waals surface area contributed by atoms with Gasteiger partial charge in [-0.15, -0.1) is 0 Å². The second kappa shape index (κ2) is 7.58. The molecule has 2 aromatic rings. The molecule has 5 heteroatoms. The molecule has 4 rings (SSSR count). The van der Waals surface area contributed by atoms with E-state index in [-0.39, 0.29) is 40.5 Å². The molecule has 0 aromatic heterocycles. The third-order valence-corrected chi connectivity index (χ3v) is 4.98. The molecule has 1 saturated heterocycles. The summed E-state index contributed by atoms with van der Waals surface area (Å²) in [4.78, 5) is 2.35. The van der Waals surface area contributed by atoms with E-state index in [4.69, 9.17) is 32.2 Å². The highest BCUT2D eigenvalue weighted by molar-refractivity contribution is 7.99. The number of benzene rings is 2. The van der Waals surface area contributed by atoms with Gasteiger partial charge in [0.25, 0.3) is 0 Å². The van der Waals surface area contributed by atoms with E-state index >= 15 is 0 Å². The van der Waals surface area contributed by atoms with Gasteiger partial charge in [0.2, 0.25) is 0 Å². The Morgan fingerprint density at radius 3 is 2.80 bits per heavy atom. The smallest absolute Gasteiger partial charge is 0.0645 e. The maximum atomic E-state index is 8.51. The number of para-hydroxylation sites is 1. The molecular weight excluding hydrogens is 350 g/mol. The fourth-order valence-corrected chi connectivity index (χ4v) is 3.74. The molecule has 2 heterocycles. The minimum absolute atomic E-state index is 0.0827. The van der Waals surface area contributed by atoms with E-state index in [0.29, 0.717) is 20.5 Å². The number of likely N-dealkylation sites (N-methyl/N-ethyl adjacent to an activating group) is 1. The highest BCUT2D eigenvalue weighted by Crippen LogP contribution is 2.48. The lowest BCUT2D eigenvalue weighted by atomic mass is 10.2. The van der Waals surface area contributed by atoms with Gasteiger partial charge in [0.05, 0.1) is 16.9 Å². The van der Waals surface area contributed by atoms with Crippen LogP contribution >= 0.6 is 23.4 Å². The van der Waals surface area contributed by atoms with Gasteiger partial charge in [-0.1, -0.05) is 35.4 Å². The molecule has 0 unspecified atom stereocenters. The number of fused-ring (bicyclic) bond motifs is 2. The Morgan fingerprint density at radius 1 is 1.12 bits per heavy atom. The summed E-state index contributed by atoms with van der Waals surface area (Å²) < 4.78 is 123. The molecule has 0 spiro atoms. The molecule has 2 aromatic carbocycles. The van der Waals surface area contributed by atoms with E-state index in [9.17, 15) is 0 Å². The van der Waals surface area contributed by atoms with Crippen LogP contribution in [0.15, 0.2) is 52.2 Å². The average molecular weight is 389 g/mol. The standard InChI is InChI=1S/C20H24ClN3S/c1-22-11-13-23(14-12-22)9-4-10-24-17-5-2-3-6-19(17)25-20-8-7-16(21)15-18(20)24/h2-3,5-8,15H,4,9-14H2,1H3/i1D3,2D,3D,5D,6D,11D2,12D2,13D2,14D2. The van der Waals surface area contributed by atoms with Gasteiger partial charge in [-0.3, -0.25) is 0 Å². The predicted octanol–water partition coefficient (Wildman–Crippen LogP) is 4.58. The molecule has 132 valence electrons. The lowest BCUT2D eigenvalue weighted by Gasteiger charge is -2.35. The van der Waals surface area contributed by atoms with Crippen molar-refractivity contribution in [3.05, 3.63) is 47.4 Å². The summed E-state index contributed by atoms with van der Waals surface area (Å²) >= 11 is 7.33. The van der Waals surface area contributed by atoms with Gasteiger partial charge in [0.15, 0.2) is 0 Å². The van der Waals surface area contributed by atoms with Crippen molar-refractivity contribution in [2.75, 3.05) is 51.0 Å². The monoisotopic (exact) mass is 388 g/mol. The molecule has 0 bridgehead atoms. The summed E-state index contributed by atoms with van der Waals surface area (Å²) in [7, 11) is 0. The number of hydrogen-bond acceptors (Lipinski definition) is 4. The zero-order valence-electron chi connectivity index (χ0n) is 28.0. The fraction of sp³-hybridized carbons (Fsp3) is 0.400. The molecule has 2 aliphatic heterocycles. The Balaban J connectivity index is 1.74. The lowest BCUT2D eigenvalue weighted by molar-refractivity contribution is 0.153. The SMILES string of the molecule is [2H]c1c([2H])c([2H])c2c(c1[2H])Sc1ccc(Cl)cc1N2CCCN1C([2H])([2H])C([2H])([2H])N(C([2H])([2H])[2H])C([2H])([2H])C1([2H])[2H]. The van der Waals surface area contributed by atoms with Crippen molar-refractivity contribution in [3.8, 4) is 0 Å². The molecule has 0 amide bonds. The topological polar surface area (TPSA) is 9.72 Å². The molecule has 0 N–H and O–H groups in total. The van der Waals surface area contributed by atoms with Crippen LogP contribution in [0, 0.1) is 0 Å². The van der Waals surface area contributed by atoms with E-state index in [2.05, 4.69) is 0 Å². The van der Waals surface area contributed by atoms with Gasteiger partial charge >= 0.3 is 0 Å². The second-order valence-corrected chi connectivity index (χ2v) is 6.82. The van der Waals surface area contributed by atoms with Gasteiger partial charge in [-0.2, -0.15) is 0 Å². The minimum Gasteiger partial charge on any atom is -0.340 e. The molecule has 0 atom stereocenters. The Hall–Kier alpha value is -1.20. The zero-order valence-corrected chi connectivity index (χ0v) is 14.6. The average Bonchev–Trinajstić information content (AvgIpc) is 2.81. The summed E-state index contributed by atoms with van der Waals surface area (Å²) in [6.45, 7) is -17.7. The van der Waals surface area contributed by atoms with Crippen molar-refractivity contribution < 1.29 is 20.6 Å². The molecule has 0 saturated carbocycles. The highest BCUT2D eigenvalue weighted by Gasteiger charge is 2.23. The summed E-state index contributed by atoms with van der Waals surface area (Å²) in [6.07, 6.45) is -0.141. The number of anilines is 2. The van der Waals surface area contributed by atoms with E-state index in [1.165, 1.54) is 4.90 Å². The minimum atomic E-state index is -3.50. The molecule has 3 nitrogen and oxygen atoms in total. The van der Waals surface area contributed by atoms with Crippen molar-refractivity contribution in [2.24, 2.45) is 0 Å². The number of piperazine rings is 1. The van der Waals surface area contributed by atoms with Gasteiger partial charge in [-0.25, -0.2) is 0 Å². The normalized spacial score (nSPS) is 35.4. The molecule has 1 fully saturated rings. The maximum Gasteiger partial charge on any atom is 0.0645 e. The van der Waals surface area contributed by atoms with Crippen molar-refractivity contribution in [2.45, 2.75) is 16.2 Å². The van der Waals surface area contributed by atoms with E-state index < -0.39 is 51.6 Å². The van der Waals surface area contributed by atoms with Crippen molar-refractivity contribution in [1.82, 2.24) is 9.80 Å².